The molecule has 172 valence electrons. The van der Waals surface area contributed by atoms with Gasteiger partial charge in [0.25, 0.3) is 0 Å². The van der Waals surface area contributed by atoms with E-state index in [1.54, 1.807) is 0 Å². The summed E-state index contributed by atoms with van der Waals surface area (Å²) < 4.78 is 8.78. The Kier molecular flexibility index (Phi) is 6.86. The van der Waals surface area contributed by atoms with Crippen molar-refractivity contribution in [1.82, 2.24) is 5.32 Å². The fourth-order valence-corrected chi connectivity index (χ4v) is 9.21. The molecule has 30 heavy (non-hydrogen) atoms. The molecule has 4 heteroatoms. The van der Waals surface area contributed by atoms with Crippen LogP contribution in [-0.4, -0.2) is 22.8 Å². The summed E-state index contributed by atoms with van der Waals surface area (Å²) in [4.78, 5) is 12.0. The smallest absolute Gasteiger partial charge is 0.220 e. The van der Waals surface area contributed by atoms with E-state index in [9.17, 15) is 4.79 Å². The van der Waals surface area contributed by atoms with Gasteiger partial charge in [-0.25, -0.2) is 0 Å². The molecule has 3 nitrogen and oxygen atoms in total. The van der Waals surface area contributed by atoms with Crippen molar-refractivity contribution < 1.29 is 9.35 Å². The Labute approximate surface area is 189 Å². The lowest BCUT2D eigenvalue weighted by atomic mass is 9.40. The third kappa shape index (κ3) is 3.87. The maximum atomic E-state index is 12.0. The molecule has 0 saturated heterocycles. The van der Waals surface area contributed by atoms with Crippen LogP contribution in [0.2, 0.25) is 0 Å². The van der Waals surface area contributed by atoms with Gasteiger partial charge in [-0.2, -0.15) is 0 Å². The minimum Gasteiger partial charge on any atom is -0.355 e. The quantitative estimate of drug-likeness (QED) is 0.337. The number of amides is 1. The summed E-state index contributed by atoms with van der Waals surface area (Å²) in [5, 5.41) is 2.93. The topological polar surface area (TPSA) is 49.3 Å². The van der Waals surface area contributed by atoms with Crippen LogP contribution in [0.1, 0.15) is 104 Å². The highest BCUT2D eigenvalue weighted by Crippen LogP contribution is 2.70. The molecule has 4 aliphatic carbocycles. The highest BCUT2D eigenvalue weighted by Gasteiger charge is 2.62. The Morgan fingerprint density at radius 1 is 1.00 bits per heavy atom. The van der Waals surface area contributed by atoms with Crippen LogP contribution >= 0.6 is 12.0 Å². The van der Waals surface area contributed by atoms with Gasteiger partial charge >= 0.3 is 0 Å². The summed E-state index contributed by atoms with van der Waals surface area (Å²) in [6, 6.07) is 0. The lowest BCUT2D eigenvalue weighted by molar-refractivity contribution is -0.152. The molecule has 0 radical (unpaired) electrons. The van der Waals surface area contributed by atoms with Crippen molar-refractivity contribution in [3.8, 4) is 0 Å². The molecule has 4 fully saturated rings. The van der Waals surface area contributed by atoms with Crippen molar-refractivity contribution in [2.75, 3.05) is 12.3 Å². The van der Waals surface area contributed by atoms with E-state index >= 15 is 0 Å². The number of carbonyl (C=O) groups is 1. The second-order valence-corrected chi connectivity index (χ2v) is 12.7. The van der Waals surface area contributed by atoms with Gasteiger partial charge < -0.3 is 9.87 Å². The number of rotatable bonds is 7. The maximum absolute atomic E-state index is 12.0. The van der Waals surface area contributed by atoms with Crippen LogP contribution in [-0.2, 0) is 4.79 Å². The Bertz CT molecular complexity index is 626. The highest BCUT2D eigenvalue weighted by molar-refractivity contribution is 7.93. The molecule has 4 saturated carbocycles. The number of fused-ring (bicyclic) bond motifs is 5. The molecule has 0 spiro atoms. The first kappa shape index (κ1) is 23.0. The van der Waals surface area contributed by atoms with E-state index in [1.807, 2.05) is 0 Å². The molecule has 0 aromatic carbocycles. The Hall–Kier alpha value is -0.220. The first-order valence-corrected chi connectivity index (χ1v) is 13.8. The normalized spacial score (nSPS) is 45.3. The van der Waals surface area contributed by atoms with Crippen LogP contribution in [0.3, 0.4) is 0 Å². The van der Waals surface area contributed by atoms with Gasteiger partial charge in [-0.05, 0) is 116 Å². The van der Waals surface area contributed by atoms with E-state index in [0.29, 0.717) is 35.0 Å². The van der Waals surface area contributed by atoms with Crippen molar-refractivity contribution in [1.29, 1.82) is 0 Å². The summed E-state index contributed by atoms with van der Waals surface area (Å²) in [5.74, 6) is 4.41. The highest BCUT2D eigenvalue weighted by atomic mass is 32.2. The van der Waals surface area contributed by atoms with Gasteiger partial charge in [0.15, 0.2) is 0 Å². The van der Waals surface area contributed by atoms with Crippen LogP contribution in [0.4, 0.5) is 0 Å². The van der Waals surface area contributed by atoms with Gasteiger partial charge in [-0.3, -0.25) is 4.79 Å². The molecule has 0 aromatic rings. The molecule has 7 atom stereocenters. The lowest BCUT2D eigenvalue weighted by Crippen LogP contribution is -2.56. The average Bonchev–Trinajstić information content (AvgIpc) is 3.05. The van der Waals surface area contributed by atoms with E-state index in [2.05, 4.69) is 26.1 Å². The molecule has 4 rings (SSSR count). The van der Waals surface area contributed by atoms with E-state index < -0.39 is 0 Å². The lowest BCUT2D eigenvalue weighted by Gasteiger charge is -2.64. The molecule has 0 aromatic heterocycles. The zero-order chi connectivity index (χ0) is 21.4. The Morgan fingerprint density at radius 2 is 1.80 bits per heavy atom. The zero-order valence-corrected chi connectivity index (χ0v) is 20.5. The summed E-state index contributed by atoms with van der Waals surface area (Å²) in [6.07, 6.45) is 17.4. The minimum absolute atomic E-state index is 0.157. The fourth-order valence-electron chi connectivity index (χ4n) is 9.02. The molecule has 0 aliphatic heterocycles. The third-order valence-electron chi connectivity index (χ3n) is 11.0. The van der Waals surface area contributed by atoms with E-state index in [1.165, 1.54) is 70.6 Å². The average molecular weight is 436 g/mol. The van der Waals surface area contributed by atoms with Crippen molar-refractivity contribution >= 4 is 17.9 Å². The standard InChI is InChI=1S/C26H45NO2S/c1-24-13-4-5-14-26(24,3)22-12-16-25(2)19(9-10-21(25)20(22)11-15-24)7-6-8-23(28)27-17-18-30-29/h19-22,29H,4-18H2,1-3H3,(H,27,28). The molecule has 0 bridgehead atoms. The van der Waals surface area contributed by atoms with Gasteiger partial charge in [0.1, 0.15) is 0 Å². The van der Waals surface area contributed by atoms with Crippen LogP contribution in [0.5, 0.6) is 0 Å². The van der Waals surface area contributed by atoms with Crippen molar-refractivity contribution in [3.63, 3.8) is 0 Å². The van der Waals surface area contributed by atoms with Crippen molar-refractivity contribution in [2.45, 2.75) is 104 Å². The summed E-state index contributed by atoms with van der Waals surface area (Å²) in [7, 11) is 0. The maximum Gasteiger partial charge on any atom is 0.220 e. The summed E-state index contributed by atoms with van der Waals surface area (Å²) >= 11 is 0.800. The largest absolute Gasteiger partial charge is 0.355 e. The van der Waals surface area contributed by atoms with Gasteiger partial charge in [0.2, 0.25) is 5.91 Å². The van der Waals surface area contributed by atoms with Crippen LogP contribution in [0.15, 0.2) is 0 Å². The number of carbonyl (C=O) groups excluding carboxylic acids is 1. The first-order valence-electron chi connectivity index (χ1n) is 12.9. The zero-order valence-electron chi connectivity index (χ0n) is 19.7. The first-order chi connectivity index (χ1) is 14.3. The van der Waals surface area contributed by atoms with E-state index in [-0.39, 0.29) is 5.91 Å². The fraction of sp³-hybridized carbons (Fsp3) is 0.962. The van der Waals surface area contributed by atoms with Gasteiger partial charge in [-0.15, -0.1) is 0 Å². The van der Waals surface area contributed by atoms with Crippen molar-refractivity contribution in [2.24, 2.45) is 39.9 Å². The van der Waals surface area contributed by atoms with Gasteiger partial charge in [-0.1, -0.05) is 33.6 Å². The van der Waals surface area contributed by atoms with Gasteiger partial charge in [0, 0.05) is 18.7 Å². The predicted molar refractivity (Wildman–Crippen MR) is 126 cm³/mol. The van der Waals surface area contributed by atoms with E-state index in [4.69, 9.17) is 4.55 Å². The van der Waals surface area contributed by atoms with Crippen molar-refractivity contribution in [3.05, 3.63) is 0 Å². The predicted octanol–water partition coefficient (Wildman–Crippen LogP) is 6.92. The molecule has 4 aliphatic rings. The van der Waals surface area contributed by atoms with E-state index in [0.717, 1.165) is 42.1 Å². The molecular formula is C26H45NO2S. The number of hydrogen-bond donors (Lipinski definition) is 2. The monoisotopic (exact) mass is 435 g/mol. The van der Waals surface area contributed by atoms with Crippen LogP contribution < -0.4 is 5.32 Å². The second kappa shape index (κ2) is 8.96. The van der Waals surface area contributed by atoms with Crippen LogP contribution in [0, 0.1) is 39.9 Å². The minimum atomic E-state index is 0.157. The second-order valence-electron chi connectivity index (χ2n) is 12.0. The van der Waals surface area contributed by atoms with Gasteiger partial charge in [0.05, 0.1) is 0 Å². The molecule has 0 heterocycles. The third-order valence-corrected chi connectivity index (χ3v) is 11.4. The summed E-state index contributed by atoms with van der Waals surface area (Å²) in [6.45, 7) is 8.52. The number of nitrogens with one attached hydrogen (secondary N) is 1. The Morgan fingerprint density at radius 3 is 2.60 bits per heavy atom. The number of hydrogen-bond acceptors (Lipinski definition) is 3. The molecule has 7 unspecified atom stereocenters. The molecular weight excluding hydrogens is 390 g/mol. The SMILES string of the molecule is CC12CCC3C(CCC4(C)CCCCC34C)C1CCC2CCCC(=O)NCCSO. The summed E-state index contributed by atoms with van der Waals surface area (Å²) in [5.41, 5.74) is 1.70. The Balaban J connectivity index is 1.36. The molecule has 2 N–H and O–H groups in total. The molecule has 1 amide bonds. The van der Waals surface area contributed by atoms with Crippen LogP contribution in [0.25, 0.3) is 0 Å².